The molecule has 0 spiro atoms. The predicted octanol–water partition coefficient (Wildman–Crippen LogP) is 1.39. The van der Waals surface area contributed by atoms with E-state index >= 15 is 0 Å². The van der Waals surface area contributed by atoms with Crippen molar-refractivity contribution in [1.29, 1.82) is 0 Å². The minimum absolute atomic E-state index is 0.0987. The van der Waals surface area contributed by atoms with Gasteiger partial charge in [-0.2, -0.15) is 0 Å². The lowest BCUT2D eigenvalue weighted by molar-refractivity contribution is -0.135. The fourth-order valence-corrected chi connectivity index (χ4v) is 2.84. The van der Waals surface area contributed by atoms with E-state index in [1.165, 1.54) is 0 Å². The van der Waals surface area contributed by atoms with E-state index in [4.69, 9.17) is 0 Å². The van der Waals surface area contributed by atoms with Gasteiger partial charge in [0.05, 0.1) is 5.54 Å². The van der Waals surface area contributed by atoms with Crippen LogP contribution in [0.15, 0.2) is 6.07 Å². The standard InChI is InChI=1S/C15H22N4O2/c1-5-12(20)19-8-6-7-15(19,3)14-17-10(2)9-11(18-14)13(21)16-4/h9H,5-8H2,1-4H3,(H,16,21). The molecule has 1 saturated heterocycles. The molecule has 21 heavy (non-hydrogen) atoms. The van der Waals surface area contributed by atoms with E-state index in [9.17, 15) is 9.59 Å². The first-order valence-corrected chi connectivity index (χ1v) is 7.31. The number of aryl methyl sites for hydroxylation is 1. The molecule has 6 nitrogen and oxygen atoms in total. The number of carbonyl (C=O) groups excluding carboxylic acids is 2. The summed E-state index contributed by atoms with van der Waals surface area (Å²) in [7, 11) is 1.57. The maximum atomic E-state index is 12.2. The van der Waals surface area contributed by atoms with Crippen LogP contribution < -0.4 is 5.32 Å². The summed E-state index contributed by atoms with van der Waals surface area (Å²) in [5.74, 6) is 0.415. The monoisotopic (exact) mass is 290 g/mol. The molecule has 1 aliphatic rings. The number of hydrogen-bond acceptors (Lipinski definition) is 4. The Morgan fingerprint density at radius 2 is 2.14 bits per heavy atom. The number of amides is 2. The van der Waals surface area contributed by atoms with Gasteiger partial charge < -0.3 is 10.2 Å². The van der Waals surface area contributed by atoms with Crippen molar-refractivity contribution in [3.63, 3.8) is 0 Å². The van der Waals surface area contributed by atoms with Crippen LogP contribution in [0.3, 0.4) is 0 Å². The molecule has 0 aliphatic carbocycles. The predicted molar refractivity (Wildman–Crippen MR) is 78.7 cm³/mol. The smallest absolute Gasteiger partial charge is 0.269 e. The maximum Gasteiger partial charge on any atom is 0.269 e. The molecule has 0 aromatic carbocycles. The van der Waals surface area contributed by atoms with Gasteiger partial charge in [0.1, 0.15) is 5.69 Å². The zero-order chi connectivity index (χ0) is 15.6. The van der Waals surface area contributed by atoms with E-state index in [1.54, 1.807) is 13.1 Å². The molecule has 0 saturated carbocycles. The van der Waals surface area contributed by atoms with E-state index in [-0.39, 0.29) is 11.8 Å². The third-order valence-corrected chi connectivity index (χ3v) is 4.04. The highest BCUT2D eigenvalue weighted by molar-refractivity contribution is 5.92. The topological polar surface area (TPSA) is 75.2 Å². The van der Waals surface area contributed by atoms with E-state index in [1.807, 2.05) is 25.7 Å². The molecular formula is C15H22N4O2. The van der Waals surface area contributed by atoms with Gasteiger partial charge in [0.2, 0.25) is 5.91 Å². The second kappa shape index (κ2) is 5.79. The van der Waals surface area contributed by atoms with Gasteiger partial charge in [-0.3, -0.25) is 9.59 Å². The Kier molecular flexibility index (Phi) is 4.25. The Hall–Kier alpha value is -1.98. The average Bonchev–Trinajstić information content (AvgIpc) is 2.88. The van der Waals surface area contributed by atoms with Crippen LogP contribution in [-0.4, -0.2) is 40.3 Å². The van der Waals surface area contributed by atoms with Crippen molar-refractivity contribution in [1.82, 2.24) is 20.2 Å². The first-order valence-electron chi connectivity index (χ1n) is 7.31. The zero-order valence-corrected chi connectivity index (χ0v) is 13.1. The van der Waals surface area contributed by atoms with Gasteiger partial charge in [-0.05, 0) is 32.8 Å². The molecule has 114 valence electrons. The van der Waals surface area contributed by atoms with Crippen molar-refractivity contribution in [3.8, 4) is 0 Å². The van der Waals surface area contributed by atoms with Crippen LogP contribution in [-0.2, 0) is 10.3 Å². The molecular weight excluding hydrogens is 268 g/mol. The molecule has 1 unspecified atom stereocenters. The van der Waals surface area contributed by atoms with Crippen LogP contribution >= 0.6 is 0 Å². The van der Waals surface area contributed by atoms with Crippen molar-refractivity contribution in [3.05, 3.63) is 23.3 Å². The first kappa shape index (κ1) is 15.4. The summed E-state index contributed by atoms with van der Waals surface area (Å²) in [6.07, 6.45) is 2.20. The number of likely N-dealkylation sites (tertiary alicyclic amines) is 1. The van der Waals surface area contributed by atoms with Crippen LogP contribution in [0.25, 0.3) is 0 Å². The molecule has 0 radical (unpaired) electrons. The summed E-state index contributed by atoms with van der Waals surface area (Å²) < 4.78 is 0. The number of hydrogen-bond donors (Lipinski definition) is 1. The minimum Gasteiger partial charge on any atom is -0.354 e. The highest BCUT2D eigenvalue weighted by atomic mass is 16.2. The Morgan fingerprint density at radius 3 is 2.76 bits per heavy atom. The normalized spacial score (nSPS) is 21.4. The highest BCUT2D eigenvalue weighted by Gasteiger charge is 2.43. The second-order valence-corrected chi connectivity index (χ2v) is 5.57. The minimum atomic E-state index is -0.526. The van der Waals surface area contributed by atoms with Gasteiger partial charge in [0.25, 0.3) is 5.91 Å². The largest absolute Gasteiger partial charge is 0.354 e. The second-order valence-electron chi connectivity index (χ2n) is 5.57. The summed E-state index contributed by atoms with van der Waals surface area (Å²) in [5, 5.41) is 2.57. The van der Waals surface area contributed by atoms with Crippen molar-refractivity contribution in [2.24, 2.45) is 0 Å². The van der Waals surface area contributed by atoms with E-state index < -0.39 is 5.54 Å². The first-order chi connectivity index (χ1) is 9.92. The van der Waals surface area contributed by atoms with Crippen LogP contribution in [0.4, 0.5) is 0 Å². The van der Waals surface area contributed by atoms with Gasteiger partial charge in [-0.25, -0.2) is 9.97 Å². The molecule has 1 aliphatic heterocycles. The molecule has 0 bridgehead atoms. The van der Waals surface area contributed by atoms with Gasteiger partial charge in [0.15, 0.2) is 5.82 Å². The third-order valence-electron chi connectivity index (χ3n) is 4.04. The molecule has 1 aromatic heterocycles. The van der Waals surface area contributed by atoms with Crippen LogP contribution in [0.2, 0.25) is 0 Å². The molecule has 2 amide bonds. The Labute approximate surface area is 125 Å². The van der Waals surface area contributed by atoms with Crippen molar-refractivity contribution in [2.45, 2.75) is 45.6 Å². The summed E-state index contributed by atoms with van der Waals surface area (Å²) >= 11 is 0. The Bertz CT molecular complexity index is 573. The average molecular weight is 290 g/mol. The van der Waals surface area contributed by atoms with Gasteiger partial charge in [0, 0.05) is 25.7 Å². The summed E-state index contributed by atoms with van der Waals surface area (Å²) in [4.78, 5) is 34.7. The Morgan fingerprint density at radius 1 is 1.43 bits per heavy atom. The lowest BCUT2D eigenvalue weighted by Gasteiger charge is -2.34. The highest BCUT2D eigenvalue weighted by Crippen LogP contribution is 2.37. The van der Waals surface area contributed by atoms with Crippen LogP contribution in [0.1, 0.15) is 55.1 Å². The lowest BCUT2D eigenvalue weighted by atomic mass is 9.97. The van der Waals surface area contributed by atoms with Crippen LogP contribution in [0, 0.1) is 6.92 Å². The van der Waals surface area contributed by atoms with Crippen molar-refractivity contribution >= 4 is 11.8 Å². The van der Waals surface area contributed by atoms with Crippen molar-refractivity contribution in [2.75, 3.05) is 13.6 Å². The lowest BCUT2D eigenvalue weighted by Crippen LogP contribution is -2.44. The van der Waals surface area contributed by atoms with Gasteiger partial charge in [-0.15, -0.1) is 0 Å². The van der Waals surface area contributed by atoms with Crippen molar-refractivity contribution < 1.29 is 9.59 Å². The number of carbonyl (C=O) groups is 2. The number of nitrogens with one attached hydrogen (secondary N) is 1. The van der Waals surface area contributed by atoms with E-state index in [2.05, 4.69) is 15.3 Å². The van der Waals surface area contributed by atoms with Gasteiger partial charge in [-0.1, -0.05) is 6.92 Å². The number of aromatic nitrogens is 2. The molecule has 1 N–H and O–H groups in total. The molecule has 1 fully saturated rings. The van der Waals surface area contributed by atoms with Crippen LogP contribution in [0.5, 0.6) is 0 Å². The maximum absolute atomic E-state index is 12.2. The third kappa shape index (κ3) is 2.75. The summed E-state index contributed by atoms with van der Waals surface area (Å²) in [6, 6.07) is 1.66. The molecule has 1 aromatic rings. The quantitative estimate of drug-likeness (QED) is 0.913. The Balaban J connectivity index is 2.46. The summed E-state index contributed by atoms with van der Waals surface area (Å²) in [5.41, 5.74) is 0.551. The fourth-order valence-electron chi connectivity index (χ4n) is 2.84. The zero-order valence-electron chi connectivity index (χ0n) is 13.1. The fraction of sp³-hybridized carbons (Fsp3) is 0.600. The van der Waals surface area contributed by atoms with Gasteiger partial charge >= 0.3 is 0 Å². The van der Waals surface area contributed by atoms with E-state index in [0.29, 0.717) is 17.9 Å². The number of nitrogens with zero attached hydrogens (tertiary/aromatic N) is 3. The van der Waals surface area contributed by atoms with E-state index in [0.717, 1.165) is 25.1 Å². The molecule has 1 atom stereocenters. The summed E-state index contributed by atoms with van der Waals surface area (Å²) in [6.45, 7) is 6.39. The molecule has 2 heterocycles. The molecule has 2 rings (SSSR count). The number of rotatable bonds is 3. The SMILES string of the molecule is CCC(=O)N1CCCC1(C)c1nc(C)cc(C(=O)NC)n1. The molecule has 6 heteroatoms.